The van der Waals surface area contributed by atoms with Crippen LogP contribution < -0.4 is 11.3 Å². The lowest BCUT2D eigenvalue weighted by Gasteiger charge is -2.06. The second-order valence-corrected chi connectivity index (χ2v) is 6.16. The number of hydrazine groups is 1. The first-order chi connectivity index (χ1) is 11.0. The van der Waals surface area contributed by atoms with Crippen molar-refractivity contribution in [3.05, 3.63) is 62.7 Å². The molecule has 0 unspecified atom stereocenters. The number of carbonyl (C=O) groups is 1. The van der Waals surface area contributed by atoms with Crippen LogP contribution in [0.15, 0.2) is 36.4 Å². The zero-order valence-corrected chi connectivity index (χ0v) is 14.0. The van der Waals surface area contributed by atoms with E-state index in [0.717, 1.165) is 11.1 Å². The van der Waals surface area contributed by atoms with Crippen molar-refractivity contribution in [3.8, 4) is 0 Å². The van der Waals surface area contributed by atoms with Crippen LogP contribution in [0.2, 0.25) is 15.1 Å². The molecule has 0 aliphatic rings. The van der Waals surface area contributed by atoms with Gasteiger partial charge < -0.3 is 0 Å². The van der Waals surface area contributed by atoms with Crippen molar-refractivity contribution in [2.24, 2.45) is 5.84 Å². The topological polar surface area (TPSA) is 72.9 Å². The number of nitrogens with two attached hydrogens (primary N) is 1. The Bertz CT molecular complexity index is 907. The SMILES string of the molecule is NNC(=O)c1nn(Cc2ccc(Cl)cc2Cl)c2ccc(Cl)cc12. The molecule has 0 atom stereocenters. The van der Waals surface area contributed by atoms with Gasteiger partial charge in [-0.1, -0.05) is 40.9 Å². The van der Waals surface area contributed by atoms with Gasteiger partial charge in [0.1, 0.15) is 0 Å². The first kappa shape index (κ1) is 16.1. The van der Waals surface area contributed by atoms with Gasteiger partial charge in [-0.05, 0) is 35.9 Å². The Labute approximate surface area is 146 Å². The Hall–Kier alpha value is -1.79. The van der Waals surface area contributed by atoms with Crippen LogP contribution in [-0.4, -0.2) is 15.7 Å². The van der Waals surface area contributed by atoms with Gasteiger partial charge in [0.25, 0.3) is 5.91 Å². The molecule has 5 nitrogen and oxygen atoms in total. The maximum absolute atomic E-state index is 11.9. The van der Waals surface area contributed by atoms with Crippen LogP contribution in [0.25, 0.3) is 10.9 Å². The Kier molecular flexibility index (Phi) is 4.46. The van der Waals surface area contributed by atoms with Crippen LogP contribution in [0, 0.1) is 0 Å². The van der Waals surface area contributed by atoms with Gasteiger partial charge in [-0.25, -0.2) is 5.84 Å². The number of nitrogens with zero attached hydrogens (tertiary/aromatic N) is 2. The maximum Gasteiger partial charge on any atom is 0.286 e. The Morgan fingerprint density at radius 1 is 1.13 bits per heavy atom. The summed E-state index contributed by atoms with van der Waals surface area (Å²) in [6, 6.07) is 10.4. The quantitative estimate of drug-likeness (QED) is 0.420. The molecule has 8 heteroatoms. The van der Waals surface area contributed by atoms with Crippen molar-refractivity contribution >= 4 is 51.6 Å². The van der Waals surface area contributed by atoms with E-state index in [4.69, 9.17) is 40.6 Å². The number of carbonyl (C=O) groups excluding carboxylic acids is 1. The number of halogens is 3. The molecule has 3 N–H and O–H groups in total. The predicted octanol–water partition coefficient (Wildman–Crippen LogP) is 3.65. The zero-order valence-electron chi connectivity index (χ0n) is 11.7. The van der Waals surface area contributed by atoms with Crippen LogP contribution in [0.4, 0.5) is 0 Å². The van der Waals surface area contributed by atoms with Gasteiger partial charge in [-0.3, -0.25) is 14.9 Å². The summed E-state index contributed by atoms with van der Waals surface area (Å²) in [5.41, 5.74) is 3.87. The number of amides is 1. The van der Waals surface area contributed by atoms with Crippen LogP contribution in [-0.2, 0) is 6.54 Å². The second kappa shape index (κ2) is 6.37. The largest absolute Gasteiger partial charge is 0.289 e. The van der Waals surface area contributed by atoms with E-state index in [1.807, 2.05) is 6.07 Å². The van der Waals surface area contributed by atoms with Crippen molar-refractivity contribution in [2.45, 2.75) is 6.54 Å². The number of rotatable bonds is 3. The summed E-state index contributed by atoms with van der Waals surface area (Å²) in [7, 11) is 0. The molecule has 1 aromatic heterocycles. The third kappa shape index (κ3) is 3.14. The van der Waals surface area contributed by atoms with Crippen molar-refractivity contribution in [1.29, 1.82) is 0 Å². The minimum atomic E-state index is -0.488. The first-order valence-electron chi connectivity index (χ1n) is 6.60. The number of nitrogens with one attached hydrogen (secondary N) is 1. The maximum atomic E-state index is 11.9. The fourth-order valence-electron chi connectivity index (χ4n) is 2.32. The van der Waals surface area contributed by atoms with Crippen LogP contribution >= 0.6 is 34.8 Å². The highest BCUT2D eigenvalue weighted by Gasteiger charge is 2.17. The van der Waals surface area contributed by atoms with Crippen molar-refractivity contribution in [3.63, 3.8) is 0 Å². The molecular weight excluding hydrogens is 359 g/mol. The highest BCUT2D eigenvalue weighted by Crippen LogP contribution is 2.26. The standard InChI is InChI=1S/C15H11Cl3N4O/c16-9-3-4-13-11(5-9)14(15(23)20-19)21-22(13)7-8-1-2-10(17)6-12(8)18/h1-6H,7,19H2,(H,20,23). The molecule has 0 saturated carbocycles. The molecule has 3 rings (SSSR count). The number of hydrogen-bond acceptors (Lipinski definition) is 3. The van der Waals surface area contributed by atoms with Crippen LogP contribution in [0.5, 0.6) is 0 Å². The molecule has 1 heterocycles. The van der Waals surface area contributed by atoms with Gasteiger partial charge in [-0.2, -0.15) is 5.10 Å². The number of nitrogen functional groups attached to an aromatic ring is 1. The molecule has 3 aromatic rings. The zero-order chi connectivity index (χ0) is 16.6. The van der Waals surface area contributed by atoms with E-state index >= 15 is 0 Å². The third-order valence-corrected chi connectivity index (χ3v) is 4.22. The van der Waals surface area contributed by atoms with E-state index in [-0.39, 0.29) is 5.69 Å². The molecule has 0 aliphatic carbocycles. The van der Waals surface area contributed by atoms with E-state index in [9.17, 15) is 4.79 Å². The van der Waals surface area contributed by atoms with E-state index in [1.165, 1.54) is 0 Å². The smallest absolute Gasteiger partial charge is 0.286 e. The van der Waals surface area contributed by atoms with Crippen molar-refractivity contribution in [1.82, 2.24) is 15.2 Å². The van der Waals surface area contributed by atoms with Gasteiger partial charge in [0.15, 0.2) is 5.69 Å². The summed E-state index contributed by atoms with van der Waals surface area (Å²) in [6.45, 7) is 0.381. The molecule has 0 saturated heterocycles. The normalized spacial score (nSPS) is 11.0. The summed E-state index contributed by atoms with van der Waals surface area (Å²) in [5.74, 6) is 4.73. The molecule has 2 aromatic carbocycles. The highest BCUT2D eigenvalue weighted by molar-refractivity contribution is 6.35. The molecule has 0 aliphatic heterocycles. The lowest BCUT2D eigenvalue weighted by atomic mass is 10.2. The van der Waals surface area contributed by atoms with Gasteiger partial charge >= 0.3 is 0 Å². The van der Waals surface area contributed by atoms with Crippen molar-refractivity contribution < 1.29 is 4.79 Å². The summed E-state index contributed by atoms with van der Waals surface area (Å²) < 4.78 is 1.67. The van der Waals surface area contributed by atoms with E-state index < -0.39 is 5.91 Å². The monoisotopic (exact) mass is 368 g/mol. The molecule has 0 bridgehead atoms. The van der Waals surface area contributed by atoms with Crippen LogP contribution in [0.1, 0.15) is 16.1 Å². The molecule has 0 fully saturated rings. The lowest BCUT2D eigenvalue weighted by molar-refractivity contribution is 0.0949. The highest BCUT2D eigenvalue weighted by atomic mass is 35.5. The minimum Gasteiger partial charge on any atom is -0.289 e. The van der Waals surface area contributed by atoms with Crippen LogP contribution in [0.3, 0.4) is 0 Å². The number of aromatic nitrogens is 2. The molecule has 118 valence electrons. The minimum absolute atomic E-state index is 0.204. The molecule has 0 spiro atoms. The Balaban J connectivity index is 2.12. The summed E-state index contributed by atoms with van der Waals surface area (Å²) in [5, 5.41) is 6.54. The molecule has 1 amide bonds. The van der Waals surface area contributed by atoms with Crippen molar-refractivity contribution in [2.75, 3.05) is 0 Å². The summed E-state index contributed by atoms with van der Waals surface area (Å²) in [4.78, 5) is 11.9. The fraction of sp³-hybridized carbons (Fsp3) is 0.0667. The van der Waals surface area contributed by atoms with Gasteiger partial charge in [0, 0.05) is 20.5 Å². The molecular formula is C15H11Cl3N4O. The average molecular weight is 370 g/mol. The number of hydrogen-bond donors (Lipinski definition) is 2. The van der Waals surface area contributed by atoms with E-state index in [1.54, 1.807) is 35.0 Å². The molecule has 23 heavy (non-hydrogen) atoms. The number of benzene rings is 2. The fourth-order valence-corrected chi connectivity index (χ4v) is 2.96. The summed E-state index contributed by atoms with van der Waals surface area (Å²) >= 11 is 18.1. The van der Waals surface area contributed by atoms with E-state index in [0.29, 0.717) is 27.0 Å². The van der Waals surface area contributed by atoms with Gasteiger partial charge in [0.05, 0.1) is 12.1 Å². The summed E-state index contributed by atoms with van der Waals surface area (Å²) in [6.07, 6.45) is 0. The average Bonchev–Trinajstić information content (AvgIpc) is 2.87. The molecule has 0 radical (unpaired) electrons. The first-order valence-corrected chi connectivity index (χ1v) is 7.74. The lowest BCUT2D eigenvalue weighted by Crippen LogP contribution is -2.30. The number of fused-ring (bicyclic) bond motifs is 1. The van der Waals surface area contributed by atoms with Gasteiger partial charge in [0.2, 0.25) is 0 Å². The Morgan fingerprint density at radius 3 is 2.52 bits per heavy atom. The Morgan fingerprint density at radius 2 is 1.83 bits per heavy atom. The third-order valence-electron chi connectivity index (χ3n) is 3.39. The van der Waals surface area contributed by atoms with E-state index in [2.05, 4.69) is 10.5 Å². The second-order valence-electron chi connectivity index (χ2n) is 4.88. The predicted molar refractivity (Wildman–Crippen MR) is 92.0 cm³/mol. The van der Waals surface area contributed by atoms with Gasteiger partial charge in [-0.15, -0.1) is 0 Å².